The van der Waals surface area contributed by atoms with E-state index in [0.29, 0.717) is 16.8 Å². The molecule has 1 aromatic heterocycles. The van der Waals surface area contributed by atoms with E-state index in [1.807, 2.05) is 66.7 Å². The Balaban J connectivity index is 1.78. The third kappa shape index (κ3) is 4.63. The van der Waals surface area contributed by atoms with Crippen molar-refractivity contribution in [3.8, 4) is 16.9 Å². The molecule has 0 aliphatic carbocycles. The van der Waals surface area contributed by atoms with Crippen LogP contribution in [-0.2, 0) is 4.79 Å². The first-order chi connectivity index (χ1) is 15.7. The molecule has 32 heavy (non-hydrogen) atoms. The van der Waals surface area contributed by atoms with E-state index in [1.165, 1.54) is 0 Å². The highest BCUT2D eigenvalue weighted by Crippen LogP contribution is 2.25. The number of para-hydroxylation sites is 1. The van der Waals surface area contributed by atoms with Crippen LogP contribution in [0.25, 0.3) is 23.0 Å². The Kier molecular flexibility index (Phi) is 6.20. The highest BCUT2D eigenvalue weighted by Gasteiger charge is 2.17. The highest BCUT2D eigenvalue weighted by atomic mass is 16.2. The summed E-state index contributed by atoms with van der Waals surface area (Å²) in [4.78, 5) is 25.1. The van der Waals surface area contributed by atoms with E-state index in [0.717, 1.165) is 11.3 Å². The first kappa shape index (κ1) is 20.8. The molecule has 0 atom stereocenters. The smallest absolute Gasteiger partial charge is 0.281 e. The minimum atomic E-state index is -0.624. The molecule has 0 saturated carbocycles. The molecule has 0 unspecified atom stereocenters. The van der Waals surface area contributed by atoms with Crippen LogP contribution in [0.5, 0.6) is 0 Å². The fourth-order valence-electron chi connectivity index (χ4n) is 3.20. The van der Waals surface area contributed by atoms with Gasteiger partial charge >= 0.3 is 0 Å². The Hall–Kier alpha value is -4.49. The van der Waals surface area contributed by atoms with Crippen LogP contribution < -0.4 is 16.6 Å². The zero-order valence-corrected chi connectivity index (χ0v) is 17.1. The third-order valence-electron chi connectivity index (χ3n) is 4.77. The van der Waals surface area contributed by atoms with Gasteiger partial charge in [-0.1, -0.05) is 66.7 Å². The lowest BCUT2D eigenvalue weighted by molar-refractivity contribution is -0.117. The number of nitrogens with one attached hydrogen (secondary N) is 2. The molecule has 0 aliphatic rings. The molecule has 4 rings (SSSR count). The van der Waals surface area contributed by atoms with E-state index in [1.54, 1.807) is 41.2 Å². The molecule has 158 valence electrons. The van der Waals surface area contributed by atoms with Crippen LogP contribution in [0.15, 0.2) is 103 Å². The summed E-state index contributed by atoms with van der Waals surface area (Å²) in [6, 6.07) is 27.9. The van der Waals surface area contributed by atoms with Crippen LogP contribution in [0.1, 0.15) is 15.9 Å². The number of amides is 2. The summed E-state index contributed by atoms with van der Waals surface area (Å²) in [5, 5.41) is 7.38. The maximum Gasteiger partial charge on any atom is 0.281 e. The van der Waals surface area contributed by atoms with Crippen molar-refractivity contribution < 1.29 is 9.59 Å². The number of hydrogen-bond acceptors (Lipinski definition) is 4. The zero-order chi connectivity index (χ0) is 22.3. The summed E-state index contributed by atoms with van der Waals surface area (Å²) in [6.07, 6.45) is 3.37. The molecule has 3 aromatic carbocycles. The molecule has 2 amide bonds. The fraction of sp³-hybridized carbons (Fsp3) is 0. The Morgan fingerprint density at radius 1 is 0.844 bits per heavy atom. The normalized spacial score (nSPS) is 11.1. The van der Waals surface area contributed by atoms with Gasteiger partial charge in [0, 0.05) is 22.9 Å². The predicted molar refractivity (Wildman–Crippen MR) is 123 cm³/mol. The molecule has 0 saturated heterocycles. The Morgan fingerprint density at radius 2 is 1.44 bits per heavy atom. The molecule has 1 heterocycles. The van der Waals surface area contributed by atoms with E-state index in [9.17, 15) is 9.59 Å². The molecule has 7 nitrogen and oxygen atoms in total. The van der Waals surface area contributed by atoms with Crippen LogP contribution in [0, 0.1) is 0 Å². The summed E-state index contributed by atoms with van der Waals surface area (Å²) >= 11 is 0. The average molecular weight is 423 g/mol. The van der Waals surface area contributed by atoms with Gasteiger partial charge in [0.1, 0.15) is 11.4 Å². The van der Waals surface area contributed by atoms with Gasteiger partial charge in [-0.2, -0.15) is 5.10 Å². The lowest BCUT2D eigenvalue weighted by Gasteiger charge is -2.09. The van der Waals surface area contributed by atoms with E-state index in [2.05, 4.69) is 10.7 Å². The van der Waals surface area contributed by atoms with Gasteiger partial charge in [0.15, 0.2) is 0 Å². The molecular formula is C25H21N5O2. The van der Waals surface area contributed by atoms with Crippen molar-refractivity contribution in [3.63, 3.8) is 0 Å². The second-order valence-electron chi connectivity index (χ2n) is 6.93. The van der Waals surface area contributed by atoms with Crippen molar-refractivity contribution in [1.82, 2.24) is 20.5 Å². The zero-order valence-electron chi connectivity index (χ0n) is 17.1. The number of hydrazine groups is 1. The van der Waals surface area contributed by atoms with Crippen molar-refractivity contribution >= 4 is 17.9 Å². The Bertz CT molecular complexity index is 1250. The fourth-order valence-corrected chi connectivity index (χ4v) is 3.20. The second kappa shape index (κ2) is 9.55. The van der Waals surface area contributed by atoms with Crippen molar-refractivity contribution in [2.24, 2.45) is 5.84 Å². The van der Waals surface area contributed by atoms with Crippen molar-refractivity contribution in [2.45, 2.75) is 0 Å². The van der Waals surface area contributed by atoms with E-state index in [-0.39, 0.29) is 5.70 Å². The highest BCUT2D eigenvalue weighted by molar-refractivity contribution is 6.05. The van der Waals surface area contributed by atoms with Gasteiger partial charge in [-0.3, -0.25) is 15.0 Å². The minimum Gasteiger partial charge on any atom is -0.317 e. The van der Waals surface area contributed by atoms with Gasteiger partial charge in [-0.15, -0.1) is 0 Å². The minimum absolute atomic E-state index is 0.00569. The molecule has 0 bridgehead atoms. The van der Waals surface area contributed by atoms with E-state index in [4.69, 9.17) is 10.9 Å². The summed E-state index contributed by atoms with van der Waals surface area (Å²) in [5.74, 6) is 4.33. The van der Waals surface area contributed by atoms with Crippen LogP contribution in [-0.4, -0.2) is 21.6 Å². The van der Waals surface area contributed by atoms with Crippen LogP contribution >= 0.6 is 0 Å². The molecule has 0 aliphatic heterocycles. The number of aromatic nitrogens is 2. The van der Waals surface area contributed by atoms with Crippen molar-refractivity contribution in [2.75, 3.05) is 0 Å². The number of benzene rings is 3. The number of nitrogens with two attached hydrogens (primary N) is 1. The largest absolute Gasteiger partial charge is 0.317 e. The van der Waals surface area contributed by atoms with Gasteiger partial charge in [0.25, 0.3) is 11.8 Å². The topological polar surface area (TPSA) is 102 Å². The summed E-state index contributed by atoms with van der Waals surface area (Å²) < 4.78 is 1.73. The molecular weight excluding hydrogens is 402 g/mol. The number of rotatable bonds is 6. The van der Waals surface area contributed by atoms with Crippen LogP contribution in [0.4, 0.5) is 0 Å². The summed E-state index contributed by atoms with van der Waals surface area (Å²) in [6.45, 7) is 0. The number of hydrogen-bond donors (Lipinski definition) is 3. The standard InChI is InChI=1S/C25H21N5O2/c26-28-25(32)22(27-24(31)19-12-6-2-7-13-19)16-20-17-30(21-14-8-3-9-15-21)29-23(20)18-10-4-1-5-11-18/h1-17H,26H2,(H,27,31)(H,28,32)/b22-16-. The van der Waals surface area contributed by atoms with Crippen LogP contribution in [0.3, 0.4) is 0 Å². The van der Waals surface area contributed by atoms with Gasteiger partial charge in [-0.05, 0) is 30.3 Å². The lowest BCUT2D eigenvalue weighted by atomic mass is 10.1. The summed E-state index contributed by atoms with van der Waals surface area (Å²) in [5.41, 5.74) is 5.56. The van der Waals surface area contributed by atoms with Crippen LogP contribution in [0.2, 0.25) is 0 Å². The van der Waals surface area contributed by atoms with Gasteiger partial charge < -0.3 is 5.32 Å². The molecule has 7 heteroatoms. The molecule has 0 fully saturated rings. The SMILES string of the molecule is NNC(=O)/C(=C/c1cn(-c2ccccc2)nc1-c1ccccc1)NC(=O)c1ccccc1. The first-order valence-electron chi connectivity index (χ1n) is 9.95. The third-order valence-corrected chi connectivity index (χ3v) is 4.77. The molecule has 4 N–H and O–H groups in total. The van der Waals surface area contributed by atoms with E-state index < -0.39 is 11.8 Å². The number of nitrogens with zero attached hydrogens (tertiary/aromatic N) is 2. The van der Waals surface area contributed by atoms with Gasteiger partial charge in [-0.25, -0.2) is 10.5 Å². The molecule has 4 aromatic rings. The monoisotopic (exact) mass is 423 g/mol. The van der Waals surface area contributed by atoms with E-state index >= 15 is 0 Å². The first-order valence-corrected chi connectivity index (χ1v) is 9.95. The number of carbonyl (C=O) groups excluding carboxylic acids is 2. The average Bonchev–Trinajstić information content (AvgIpc) is 3.28. The predicted octanol–water partition coefficient (Wildman–Crippen LogP) is 3.30. The summed E-state index contributed by atoms with van der Waals surface area (Å²) in [7, 11) is 0. The quantitative estimate of drug-likeness (QED) is 0.192. The Morgan fingerprint density at radius 3 is 2.06 bits per heavy atom. The maximum atomic E-state index is 12.7. The number of carbonyl (C=O) groups is 2. The Labute approximate surface area is 185 Å². The van der Waals surface area contributed by atoms with Crippen molar-refractivity contribution in [3.05, 3.63) is 114 Å². The molecule has 0 radical (unpaired) electrons. The second-order valence-corrected chi connectivity index (χ2v) is 6.93. The van der Waals surface area contributed by atoms with Crippen molar-refractivity contribution in [1.29, 1.82) is 0 Å². The lowest BCUT2D eigenvalue weighted by Crippen LogP contribution is -2.38. The maximum absolute atomic E-state index is 12.7. The van der Waals surface area contributed by atoms with Gasteiger partial charge in [0.05, 0.1) is 5.69 Å². The molecule has 0 spiro atoms. The van der Waals surface area contributed by atoms with Gasteiger partial charge in [0.2, 0.25) is 0 Å².